The predicted octanol–water partition coefficient (Wildman–Crippen LogP) is 14.6. The Labute approximate surface area is 361 Å². The molecule has 0 aliphatic carbocycles. The van der Waals surface area contributed by atoms with Gasteiger partial charge in [-0.25, -0.2) is 15.0 Å². The molecule has 0 fully saturated rings. The molecule has 13 rings (SSSR count). The number of aromatic nitrogens is 5. The second kappa shape index (κ2) is 14.0. The minimum Gasteiger partial charge on any atom is -0.456 e. The lowest BCUT2D eigenvalue weighted by molar-refractivity contribution is 0.669. The molecule has 6 heteroatoms. The fraction of sp³-hybridized carbons (Fsp3) is 0. The molecule has 0 bridgehead atoms. The van der Waals surface area contributed by atoms with E-state index in [0.717, 1.165) is 82.8 Å². The average Bonchev–Trinajstić information content (AvgIpc) is 4.01. The van der Waals surface area contributed by atoms with Gasteiger partial charge in [0.2, 0.25) is 0 Å². The van der Waals surface area contributed by atoms with Crippen molar-refractivity contribution < 1.29 is 4.42 Å². The van der Waals surface area contributed by atoms with Gasteiger partial charge in [-0.15, -0.1) is 0 Å². The van der Waals surface area contributed by atoms with Gasteiger partial charge in [-0.05, 0) is 96.1 Å². The standard InChI is InChI=1S/C57H35N5O/c1-3-14-36(15-4-1)37-27-30-52-47(33-37)43-20-8-11-24-50(43)62(52)42-19-13-16-38(32-42)55-58-56(60-57(59-55)40-26-29-46-45-22-9-12-25-53(45)63-54(46)35-40)39-28-31-51-48(34-39)44-21-7-10-23-49(44)61(51)41-17-5-2-6-18-41/h1-35H. The van der Waals surface area contributed by atoms with Gasteiger partial charge < -0.3 is 13.6 Å². The number of fused-ring (bicyclic) bond motifs is 9. The Kier molecular flexibility index (Phi) is 7.80. The maximum atomic E-state index is 6.36. The van der Waals surface area contributed by atoms with Crippen molar-refractivity contribution in [3.63, 3.8) is 0 Å². The van der Waals surface area contributed by atoms with Crippen molar-refractivity contribution in [2.75, 3.05) is 0 Å². The van der Waals surface area contributed by atoms with Gasteiger partial charge >= 0.3 is 0 Å². The monoisotopic (exact) mass is 805 g/mol. The van der Waals surface area contributed by atoms with Crippen LogP contribution in [0.15, 0.2) is 217 Å². The largest absolute Gasteiger partial charge is 0.456 e. The van der Waals surface area contributed by atoms with E-state index in [1.807, 2.05) is 24.3 Å². The van der Waals surface area contributed by atoms with Crippen molar-refractivity contribution in [3.05, 3.63) is 212 Å². The second-order valence-electron chi connectivity index (χ2n) is 16.0. The number of nitrogens with zero attached hydrogens (tertiary/aromatic N) is 5. The van der Waals surface area contributed by atoms with Crippen LogP contribution in [0.3, 0.4) is 0 Å². The Morgan fingerprint density at radius 2 is 0.730 bits per heavy atom. The zero-order valence-corrected chi connectivity index (χ0v) is 33.9. The number of para-hydroxylation sites is 4. The summed E-state index contributed by atoms with van der Waals surface area (Å²) in [5.41, 5.74) is 13.3. The summed E-state index contributed by atoms with van der Waals surface area (Å²) in [7, 11) is 0. The number of rotatable bonds is 6. The molecule has 6 nitrogen and oxygen atoms in total. The predicted molar refractivity (Wildman–Crippen MR) is 258 cm³/mol. The molecule has 4 aromatic heterocycles. The first-order valence-corrected chi connectivity index (χ1v) is 21.2. The van der Waals surface area contributed by atoms with Crippen molar-refractivity contribution in [1.82, 2.24) is 24.1 Å². The summed E-state index contributed by atoms with van der Waals surface area (Å²) in [4.78, 5) is 15.7. The third-order valence-corrected chi connectivity index (χ3v) is 12.4. The summed E-state index contributed by atoms with van der Waals surface area (Å²) in [5.74, 6) is 1.74. The Morgan fingerprint density at radius 1 is 0.270 bits per heavy atom. The van der Waals surface area contributed by atoms with Gasteiger partial charge in [-0.3, -0.25) is 0 Å². The minimum atomic E-state index is 0.569. The highest BCUT2D eigenvalue weighted by atomic mass is 16.3. The maximum absolute atomic E-state index is 6.36. The summed E-state index contributed by atoms with van der Waals surface area (Å²) in [6.45, 7) is 0. The van der Waals surface area contributed by atoms with Crippen molar-refractivity contribution in [2.24, 2.45) is 0 Å². The van der Waals surface area contributed by atoms with Crippen LogP contribution in [0.25, 0.3) is 122 Å². The lowest BCUT2D eigenvalue weighted by atomic mass is 10.0. The van der Waals surface area contributed by atoms with E-state index in [-0.39, 0.29) is 0 Å². The van der Waals surface area contributed by atoms with E-state index in [1.54, 1.807) is 0 Å². The zero-order valence-electron chi connectivity index (χ0n) is 33.9. The quantitative estimate of drug-likeness (QED) is 0.168. The molecule has 0 saturated carbocycles. The van der Waals surface area contributed by atoms with Gasteiger partial charge in [-0.2, -0.15) is 0 Å². The van der Waals surface area contributed by atoms with E-state index in [0.29, 0.717) is 17.5 Å². The highest BCUT2D eigenvalue weighted by molar-refractivity contribution is 6.12. The Balaban J connectivity index is 1.00. The molecule has 0 saturated heterocycles. The number of furan rings is 1. The molecule has 0 radical (unpaired) electrons. The van der Waals surface area contributed by atoms with Gasteiger partial charge in [0.05, 0.1) is 22.1 Å². The van der Waals surface area contributed by atoms with E-state index >= 15 is 0 Å². The molecule has 0 unspecified atom stereocenters. The highest BCUT2D eigenvalue weighted by Crippen LogP contribution is 2.38. The van der Waals surface area contributed by atoms with Crippen molar-refractivity contribution in [2.45, 2.75) is 0 Å². The Morgan fingerprint density at radius 3 is 1.43 bits per heavy atom. The first-order chi connectivity index (χ1) is 31.2. The smallest absolute Gasteiger partial charge is 0.164 e. The van der Waals surface area contributed by atoms with Gasteiger partial charge in [0.1, 0.15) is 11.2 Å². The number of hydrogen-bond acceptors (Lipinski definition) is 4. The molecule has 13 aromatic rings. The summed E-state index contributed by atoms with van der Waals surface area (Å²) >= 11 is 0. The average molecular weight is 806 g/mol. The number of benzene rings is 9. The molecule has 0 atom stereocenters. The summed E-state index contributed by atoms with van der Waals surface area (Å²) in [5, 5.41) is 6.83. The van der Waals surface area contributed by atoms with E-state index in [4.69, 9.17) is 19.4 Å². The molecule has 9 aromatic carbocycles. The van der Waals surface area contributed by atoms with Gasteiger partial charge in [0.15, 0.2) is 17.5 Å². The van der Waals surface area contributed by atoms with Crippen LogP contribution in [0.2, 0.25) is 0 Å². The second-order valence-corrected chi connectivity index (χ2v) is 16.0. The van der Waals surface area contributed by atoms with Crippen LogP contribution in [0.1, 0.15) is 0 Å². The van der Waals surface area contributed by atoms with Crippen LogP contribution in [0, 0.1) is 0 Å². The molecule has 0 amide bonds. The molecular formula is C57H35N5O. The Hall–Kier alpha value is -8.61. The SMILES string of the molecule is c1ccc(-c2ccc3c(c2)c2ccccc2n3-c2cccc(-c3nc(-c4ccc5c(c4)oc4ccccc45)nc(-c4ccc5c(c4)c4ccccc4n5-c4ccccc4)n3)c2)cc1. The van der Waals surface area contributed by atoms with Crippen LogP contribution in [-0.2, 0) is 0 Å². The van der Waals surface area contributed by atoms with Crippen molar-refractivity contribution in [3.8, 4) is 56.7 Å². The molecule has 294 valence electrons. The van der Waals surface area contributed by atoms with Crippen LogP contribution in [-0.4, -0.2) is 24.1 Å². The molecule has 0 aliphatic rings. The lowest BCUT2D eigenvalue weighted by Gasteiger charge is -2.12. The molecule has 63 heavy (non-hydrogen) atoms. The molecule has 0 spiro atoms. The zero-order chi connectivity index (χ0) is 41.4. The topological polar surface area (TPSA) is 61.7 Å². The fourth-order valence-corrected chi connectivity index (χ4v) is 9.44. The van der Waals surface area contributed by atoms with Crippen LogP contribution < -0.4 is 0 Å². The van der Waals surface area contributed by atoms with Gasteiger partial charge in [-0.1, -0.05) is 127 Å². The maximum Gasteiger partial charge on any atom is 0.164 e. The van der Waals surface area contributed by atoms with E-state index in [9.17, 15) is 0 Å². The summed E-state index contributed by atoms with van der Waals surface area (Å²) < 4.78 is 11.0. The van der Waals surface area contributed by atoms with Crippen LogP contribution >= 0.6 is 0 Å². The third-order valence-electron chi connectivity index (χ3n) is 12.4. The fourth-order valence-electron chi connectivity index (χ4n) is 9.44. The van der Waals surface area contributed by atoms with Crippen LogP contribution in [0.5, 0.6) is 0 Å². The third kappa shape index (κ3) is 5.69. The summed E-state index contributed by atoms with van der Waals surface area (Å²) in [6, 6.07) is 74.5. The lowest BCUT2D eigenvalue weighted by Crippen LogP contribution is -2.01. The molecule has 4 heterocycles. The van der Waals surface area contributed by atoms with E-state index < -0.39 is 0 Å². The molecule has 0 N–H and O–H groups in total. The van der Waals surface area contributed by atoms with Crippen molar-refractivity contribution >= 4 is 65.6 Å². The van der Waals surface area contributed by atoms with Gasteiger partial charge in [0.25, 0.3) is 0 Å². The van der Waals surface area contributed by atoms with Crippen molar-refractivity contribution in [1.29, 1.82) is 0 Å². The number of hydrogen-bond donors (Lipinski definition) is 0. The molecule has 0 aliphatic heterocycles. The van der Waals surface area contributed by atoms with E-state index in [1.165, 1.54) is 21.9 Å². The van der Waals surface area contributed by atoms with E-state index in [2.05, 4.69) is 197 Å². The highest BCUT2D eigenvalue weighted by Gasteiger charge is 2.19. The normalized spacial score (nSPS) is 11.8. The first kappa shape index (κ1) is 35.2. The van der Waals surface area contributed by atoms with Crippen LogP contribution in [0.4, 0.5) is 0 Å². The Bertz CT molecular complexity index is 3920. The van der Waals surface area contributed by atoms with Gasteiger partial charge in [0, 0.05) is 60.4 Å². The minimum absolute atomic E-state index is 0.569. The molecular weight excluding hydrogens is 771 g/mol. The summed E-state index contributed by atoms with van der Waals surface area (Å²) in [6.07, 6.45) is 0. The first-order valence-electron chi connectivity index (χ1n) is 21.2.